The molecule has 1 aliphatic rings. The Balaban J connectivity index is 0.000000127. The van der Waals surface area contributed by atoms with Crippen LogP contribution in [0.3, 0.4) is 0 Å². The number of hydrogen-bond donors (Lipinski definition) is 2. The lowest BCUT2D eigenvalue weighted by atomic mass is 10.2. The van der Waals surface area contributed by atoms with Crippen LogP contribution in [0.1, 0.15) is 19.3 Å². The lowest BCUT2D eigenvalue weighted by Gasteiger charge is -2.08. The standard InChI is InChI=1S/C5H9NO.C3H4N2/c7-5-3-1-2-4-6-5;1-2-5-3-4-1/h1-4H2,(H,6,7);1-3H,(H,4,5). The lowest BCUT2D eigenvalue weighted by Crippen LogP contribution is -2.28. The number of aromatic nitrogens is 2. The molecule has 0 aromatic carbocycles. The van der Waals surface area contributed by atoms with Gasteiger partial charge in [0.25, 0.3) is 0 Å². The molecule has 1 aromatic heterocycles. The molecule has 0 bridgehead atoms. The van der Waals surface area contributed by atoms with Gasteiger partial charge in [-0.3, -0.25) is 4.79 Å². The van der Waals surface area contributed by atoms with Gasteiger partial charge in [-0.2, -0.15) is 0 Å². The van der Waals surface area contributed by atoms with E-state index in [-0.39, 0.29) is 5.91 Å². The quantitative estimate of drug-likeness (QED) is 0.597. The van der Waals surface area contributed by atoms with Gasteiger partial charge in [0, 0.05) is 25.4 Å². The SMILES string of the molecule is O=C1CCCCN1.c1c[nH]cn1. The molecule has 1 aromatic rings. The van der Waals surface area contributed by atoms with Crippen molar-refractivity contribution in [2.45, 2.75) is 19.3 Å². The summed E-state index contributed by atoms with van der Waals surface area (Å²) in [6.45, 7) is 0.888. The minimum atomic E-state index is 0.214. The van der Waals surface area contributed by atoms with Gasteiger partial charge >= 0.3 is 0 Å². The Labute approximate surface area is 71.4 Å². The first-order chi connectivity index (χ1) is 5.89. The van der Waals surface area contributed by atoms with E-state index < -0.39 is 0 Å². The van der Waals surface area contributed by atoms with Crippen molar-refractivity contribution in [3.63, 3.8) is 0 Å². The van der Waals surface area contributed by atoms with E-state index in [1.807, 2.05) is 0 Å². The van der Waals surface area contributed by atoms with Crippen LogP contribution < -0.4 is 5.32 Å². The molecular formula is C8H13N3O. The van der Waals surface area contributed by atoms with E-state index in [9.17, 15) is 4.79 Å². The molecule has 1 saturated heterocycles. The fourth-order valence-electron chi connectivity index (χ4n) is 0.942. The predicted octanol–water partition coefficient (Wildman–Crippen LogP) is 0.696. The van der Waals surface area contributed by atoms with Crippen LogP contribution >= 0.6 is 0 Å². The first-order valence-corrected chi connectivity index (χ1v) is 4.09. The third kappa shape index (κ3) is 3.75. The third-order valence-electron chi connectivity index (χ3n) is 1.56. The van der Waals surface area contributed by atoms with Gasteiger partial charge in [0.2, 0.25) is 5.91 Å². The molecule has 2 rings (SSSR count). The van der Waals surface area contributed by atoms with Crippen molar-refractivity contribution in [3.05, 3.63) is 18.7 Å². The highest BCUT2D eigenvalue weighted by Gasteiger charge is 2.04. The van der Waals surface area contributed by atoms with E-state index in [0.29, 0.717) is 0 Å². The Morgan fingerprint density at radius 3 is 2.58 bits per heavy atom. The van der Waals surface area contributed by atoms with Crippen molar-refractivity contribution in [3.8, 4) is 0 Å². The van der Waals surface area contributed by atoms with E-state index in [1.54, 1.807) is 18.7 Å². The van der Waals surface area contributed by atoms with Crippen molar-refractivity contribution < 1.29 is 4.79 Å². The summed E-state index contributed by atoms with van der Waals surface area (Å²) < 4.78 is 0. The van der Waals surface area contributed by atoms with E-state index >= 15 is 0 Å². The van der Waals surface area contributed by atoms with E-state index in [4.69, 9.17) is 0 Å². The molecule has 66 valence electrons. The molecule has 0 spiro atoms. The highest BCUT2D eigenvalue weighted by atomic mass is 16.1. The van der Waals surface area contributed by atoms with Crippen molar-refractivity contribution in [1.82, 2.24) is 15.3 Å². The first kappa shape index (κ1) is 8.77. The van der Waals surface area contributed by atoms with Gasteiger partial charge < -0.3 is 10.3 Å². The van der Waals surface area contributed by atoms with E-state index in [2.05, 4.69) is 15.3 Å². The zero-order valence-electron chi connectivity index (χ0n) is 6.92. The van der Waals surface area contributed by atoms with Crippen molar-refractivity contribution in [2.24, 2.45) is 0 Å². The molecule has 1 aliphatic heterocycles. The predicted molar refractivity (Wildman–Crippen MR) is 45.4 cm³/mol. The topological polar surface area (TPSA) is 57.8 Å². The van der Waals surface area contributed by atoms with Crippen LogP contribution in [-0.4, -0.2) is 22.4 Å². The second-order valence-electron chi connectivity index (χ2n) is 2.57. The normalized spacial score (nSPS) is 15.8. The van der Waals surface area contributed by atoms with Crippen LogP contribution in [0, 0.1) is 0 Å². The molecule has 0 radical (unpaired) electrons. The number of rotatable bonds is 0. The van der Waals surface area contributed by atoms with Crippen molar-refractivity contribution in [2.75, 3.05) is 6.54 Å². The molecule has 1 amide bonds. The van der Waals surface area contributed by atoms with Gasteiger partial charge in [0.1, 0.15) is 0 Å². The molecule has 0 unspecified atom stereocenters. The lowest BCUT2D eigenvalue weighted by molar-refractivity contribution is -0.122. The summed E-state index contributed by atoms with van der Waals surface area (Å²) in [5.41, 5.74) is 0. The monoisotopic (exact) mass is 167 g/mol. The second-order valence-corrected chi connectivity index (χ2v) is 2.57. The number of nitrogens with one attached hydrogen (secondary N) is 2. The van der Waals surface area contributed by atoms with Gasteiger partial charge in [-0.25, -0.2) is 4.98 Å². The van der Waals surface area contributed by atoms with Gasteiger partial charge in [0.05, 0.1) is 6.33 Å². The molecule has 0 aliphatic carbocycles. The van der Waals surface area contributed by atoms with Gasteiger partial charge in [-0.1, -0.05) is 0 Å². The number of nitrogens with zero attached hydrogens (tertiary/aromatic N) is 1. The highest BCUT2D eigenvalue weighted by Crippen LogP contribution is 1.98. The van der Waals surface area contributed by atoms with Gasteiger partial charge in [-0.05, 0) is 12.8 Å². The molecular weight excluding hydrogens is 154 g/mol. The maximum Gasteiger partial charge on any atom is 0.219 e. The molecule has 2 heterocycles. The number of carbonyl (C=O) groups excluding carboxylic acids is 1. The summed E-state index contributed by atoms with van der Waals surface area (Å²) in [5, 5.41) is 2.74. The number of aromatic amines is 1. The Morgan fingerprint density at radius 1 is 1.42 bits per heavy atom. The summed E-state index contributed by atoms with van der Waals surface area (Å²) >= 11 is 0. The third-order valence-corrected chi connectivity index (χ3v) is 1.56. The Kier molecular flexibility index (Phi) is 3.91. The molecule has 12 heavy (non-hydrogen) atoms. The van der Waals surface area contributed by atoms with Crippen LogP contribution in [0.5, 0.6) is 0 Å². The molecule has 1 fully saturated rings. The number of H-pyrrole nitrogens is 1. The maximum absolute atomic E-state index is 10.4. The fraction of sp³-hybridized carbons (Fsp3) is 0.500. The summed E-state index contributed by atoms with van der Waals surface area (Å²) in [5.74, 6) is 0.214. The molecule has 2 N–H and O–H groups in total. The molecule has 0 atom stereocenters. The molecule has 4 heteroatoms. The largest absolute Gasteiger partial charge is 0.356 e. The summed E-state index contributed by atoms with van der Waals surface area (Å²) in [6, 6.07) is 0. The number of hydrogen-bond acceptors (Lipinski definition) is 2. The highest BCUT2D eigenvalue weighted by molar-refractivity contribution is 5.76. The van der Waals surface area contributed by atoms with Crippen LogP contribution in [0.4, 0.5) is 0 Å². The second kappa shape index (κ2) is 5.35. The molecule has 4 nitrogen and oxygen atoms in total. The maximum atomic E-state index is 10.4. The van der Waals surface area contributed by atoms with Crippen LogP contribution in [0.25, 0.3) is 0 Å². The van der Waals surface area contributed by atoms with Gasteiger partial charge in [0.15, 0.2) is 0 Å². The van der Waals surface area contributed by atoms with Crippen LogP contribution in [0.15, 0.2) is 18.7 Å². The first-order valence-electron chi connectivity index (χ1n) is 4.09. The summed E-state index contributed by atoms with van der Waals surface area (Å²) in [6.07, 6.45) is 8.05. The average molecular weight is 167 g/mol. The number of carbonyl (C=O) groups is 1. The Bertz CT molecular complexity index is 183. The van der Waals surface area contributed by atoms with Crippen molar-refractivity contribution in [1.29, 1.82) is 0 Å². The average Bonchev–Trinajstić information content (AvgIpc) is 2.62. The Morgan fingerprint density at radius 2 is 2.33 bits per heavy atom. The smallest absolute Gasteiger partial charge is 0.219 e. The number of piperidine rings is 1. The number of imidazole rings is 1. The van der Waals surface area contributed by atoms with E-state index in [1.165, 1.54) is 0 Å². The van der Waals surface area contributed by atoms with Crippen molar-refractivity contribution >= 4 is 5.91 Å². The van der Waals surface area contributed by atoms with E-state index in [0.717, 1.165) is 25.8 Å². The zero-order chi connectivity index (χ0) is 8.65. The summed E-state index contributed by atoms with van der Waals surface area (Å²) in [4.78, 5) is 16.8. The summed E-state index contributed by atoms with van der Waals surface area (Å²) in [7, 11) is 0. The van der Waals surface area contributed by atoms with Gasteiger partial charge in [-0.15, -0.1) is 0 Å². The van der Waals surface area contributed by atoms with Crippen LogP contribution in [0.2, 0.25) is 0 Å². The number of amides is 1. The minimum Gasteiger partial charge on any atom is -0.356 e. The zero-order valence-corrected chi connectivity index (χ0v) is 6.92. The minimum absolute atomic E-state index is 0.214. The molecule has 0 saturated carbocycles. The Hall–Kier alpha value is -1.32. The fourth-order valence-corrected chi connectivity index (χ4v) is 0.942. The van der Waals surface area contributed by atoms with Crippen LogP contribution in [-0.2, 0) is 4.79 Å².